The summed E-state index contributed by atoms with van der Waals surface area (Å²) in [6.07, 6.45) is 3.11. The van der Waals surface area contributed by atoms with Crippen LogP contribution in [0.3, 0.4) is 0 Å². The Morgan fingerprint density at radius 1 is 1.60 bits per heavy atom. The van der Waals surface area contributed by atoms with Gasteiger partial charge in [-0.3, -0.25) is 5.10 Å². The number of aromatic nitrogens is 2. The molecule has 0 aliphatic heterocycles. The van der Waals surface area contributed by atoms with E-state index in [9.17, 15) is 8.42 Å². The van der Waals surface area contributed by atoms with Crippen LogP contribution in [0.4, 0.5) is 0 Å². The fraction of sp³-hybridized carbons (Fsp3) is 0.667. The maximum Gasteiger partial charge on any atom is 0.244 e. The summed E-state index contributed by atoms with van der Waals surface area (Å²) < 4.78 is 26.3. The predicted octanol–water partition coefficient (Wildman–Crippen LogP) is 1.19. The normalized spacial score (nSPS) is 14.1. The Morgan fingerprint density at radius 2 is 2.27 bits per heavy atom. The summed E-state index contributed by atoms with van der Waals surface area (Å²) in [6, 6.07) is -0.0469. The standard InChI is InChI=1S/C9H17N3O2S/c1-4-5-7(2)12-15(13,14)9-6-10-11-8(9)3/h6-7,12H,4-5H2,1-3H3,(H,10,11). The number of nitrogens with one attached hydrogen (secondary N) is 2. The van der Waals surface area contributed by atoms with Crippen molar-refractivity contribution < 1.29 is 8.42 Å². The van der Waals surface area contributed by atoms with E-state index in [1.807, 2.05) is 13.8 Å². The van der Waals surface area contributed by atoms with Crippen molar-refractivity contribution in [1.82, 2.24) is 14.9 Å². The number of hydrogen-bond acceptors (Lipinski definition) is 3. The molecule has 6 heteroatoms. The highest BCUT2D eigenvalue weighted by Gasteiger charge is 2.20. The molecule has 0 spiro atoms. The van der Waals surface area contributed by atoms with Crippen LogP contribution in [0.1, 0.15) is 32.4 Å². The lowest BCUT2D eigenvalue weighted by molar-refractivity contribution is 0.543. The van der Waals surface area contributed by atoms with Crippen LogP contribution in [0.5, 0.6) is 0 Å². The summed E-state index contributed by atoms with van der Waals surface area (Å²) in [5.74, 6) is 0. The number of nitrogens with zero attached hydrogens (tertiary/aromatic N) is 1. The second-order valence-corrected chi connectivity index (χ2v) is 5.35. The van der Waals surface area contributed by atoms with Crippen LogP contribution in [0.2, 0.25) is 0 Å². The molecular weight excluding hydrogens is 214 g/mol. The number of sulfonamides is 1. The van der Waals surface area contributed by atoms with Crippen LogP contribution in [0.25, 0.3) is 0 Å². The van der Waals surface area contributed by atoms with Crippen molar-refractivity contribution in [3.05, 3.63) is 11.9 Å². The van der Waals surface area contributed by atoms with E-state index in [0.29, 0.717) is 5.69 Å². The van der Waals surface area contributed by atoms with Gasteiger partial charge in [-0.2, -0.15) is 5.10 Å². The molecule has 0 amide bonds. The second kappa shape index (κ2) is 4.76. The van der Waals surface area contributed by atoms with E-state index >= 15 is 0 Å². The van der Waals surface area contributed by atoms with Gasteiger partial charge in [0.15, 0.2) is 0 Å². The molecule has 0 radical (unpaired) electrons. The van der Waals surface area contributed by atoms with E-state index in [1.54, 1.807) is 6.92 Å². The van der Waals surface area contributed by atoms with E-state index < -0.39 is 10.0 Å². The summed E-state index contributed by atoms with van der Waals surface area (Å²) >= 11 is 0. The van der Waals surface area contributed by atoms with Gasteiger partial charge in [-0.05, 0) is 20.3 Å². The van der Waals surface area contributed by atoms with Gasteiger partial charge in [0.2, 0.25) is 10.0 Å². The van der Waals surface area contributed by atoms with E-state index in [1.165, 1.54) is 6.20 Å². The SMILES string of the molecule is CCCC(C)NS(=O)(=O)c1cn[nH]c1C. The first-order valence-electron chi connectivity index (χ1n) is 4.99. The Bertz CT molecular complexity index is 411. The number of aryl methyl sites for hydroxylation is 1. The van der Waals surface area contributed by atoms with Crippen molar-refractivity contribution in [2.45, 2.75) is 44.6 Å². The summed E-state index contributed by atoms with van der Waals surface area (Å²) in [5.41, 5.74) is 0.561. The van der Waals surface area contributed by atoms with Gasteiger partial charge in [-0.1, -0.05) is 13.3 Å². The van der Waals surface area contributed by atoms with E-state index in [4.69, 9.17) is 0 Å². The van der Waals surface area contributed by atoms with Crippen LogP contribution in [-0.2, 0) is 10.0 Å². The number of aromatic amines is 1. The smallest absolute Gasteiger partial charge is 0.244 e. The fourth-order valence-electron chi connectivity index (χ4n) is 1.43. The predicted molar refractivity (Wildman–Crippen MR) is 58.0 cm³/mol. The molecule has 1 aromatic heterocycles. The lowest BCUT2D eigenvalue weighted by Gasteiger charge is -2.12. The minimum Gasteiger partial charge on any atom is -0.281 e. The molecule has 2 N–H and O–H groups in total. The molecule has 0 aliphatic carbocycles. The van der Waals surface area contributed by atoms with Crippen molar-refractivity contribution in [3.8, 4) is 0 Å². The Balaban J connectivity index is 2.81. The van der Waals surface area contributed by atoms with E-state index in [2.05, 4.69) is 14.9 Å². The average Bonchev–Trinajstić information content (AvgIpc) is 2.51. The molecule has 0 saturated heterocycles. The summed E-state index contributed by atoms with van der Waals surface area (Å²) in [6.45, 7) is 5.57. The zero-order valence-electron chi connectivity index (χ0n) is 9.24. The largest absolute Gasteiger partial charge is 0.281 e. The molecule has 0 saturated carbocycles. The first-order chi connectivity index (χ1) is 6.97. The third-order valence-corrected chi connectivity index (χ3v) is 3.85. The van der Waals surface area contributed by atoms with Crippen LogP contribution in [0.15, 0.2) is 11.1 Å². The summed E-state index contributed by atoms with van der Waals surface area (Å²) in [7, 11) is -3.41. The van der Waals surface area contributed by atoms with Gasteiger partial charge in [0, 0.05) is 6.04 Å². The zero-order chi connectivity index (χ0) is 11.5. The molecule has 1 unspecified atom stereocenters. The lowest BCUT2D eigenvalue weighted by Crippen LogP contribution is -2.32. The van der Waals surface area contributed by atoms with Gasteiger partial charge in [-0.15, -0.1) is 0 Å². The first-order valence-corrected chi connectivity index (χ1v) is 6.48. The molecule has 15 heavy (non-hydrogen) atoms. The van der Waals surface area contributed by atoms with E-state index in [-0.39, 0.29) is 10.9 Å². The number of hydrogen-bond donors (Lipinski definition) is 2. The zero-order valence-corrected chi connectivity index (χ0v) is 10.1. The molecule has 0 aromatic carbocycles. The Labute approximate surface area is 90.3 Å². The molecule has 1 aromatic rings. The number of H-pyrrole nitrogens is 1. The monoisotopic (exact) mass is 231 g/mol. The van der Waals surface area contributed by atoms with Crippen molar-refractivity contribution in [2.75, 3.05) is 0 Å². The lowest BCUT2D eigenvalue weighted by atomic mass is 10.2. The van der Waals surface area contributed by atoms with Gasteiger partial charge < -0.3 is 0 Å². The van der Waals surface area contributed by atoms with Crippen LogP contribution >= 0.6 is 0 Å². The first kappa shape index (κ1) is 12.2. The maximum absolute atomic E-state index is 11.8. The van der Waals surface area contributed by atoms with Gasteiger partial charge in [0.05, 0.1) is 11.9 Å². The van der Waals surface area contributed by atoms with Gasteiger partial charge >= 0.3 is 0 Å². The highest BCUT2D eigenvalue weighted by atomic mass is 32.2. The molecule has 0 fully saturated rings. The van der Waals surface area contributed by atoms with Crippen molar-refractivity contribution in [3.63, 3.8) is 0 Å². The third kappa shape index (κ3) is 3.04. The highest BCUT2D eigenvalue weighted by molar-refractivity contribution is 7.89. The Morgan fingerprint density at radius 3 is 2.73 bits per heavy atom. The van der Waals surface area contributed by atoms with Crippen molar-refractivity contribution >= 4 is 10.0 Å². The fourth-order valence-corrected chi connectivity index (χ4v) is 2.85. The molecule has 1 rings (SSSR count). The maximum atomic E-state index is 11.8. The molecule has 1 heterocycles. The van der Waals surface area contributed by atoms with Crippen LogP contribution in [-0.4, -0.2) is 24.7 Å². The van der Waals surface area contributed by atoms with Crippen LogP contribution < -0.4 is 4.72 Å². The topological polar surface area (TPSA) is 74.8 Å². The average molecular weight is 231 g/mol. The van der Waals surface area contributed by atoms with Crippen LogP contribution in [0, 0.1) is 6.92 Å². The molecule has 0 aliphatic rings. The quantitative estimate of drug-likeness (QED) is 0.799. The third-order valence-electron chi connectivity index (χ3n) is 2.15. The molecule has 1 atom stereocenters. The molecule has 5 nitrogen and oxygen atoms in total. The van der Waals surface area contributed by atoms with Gasteiger partial charge in [-0.25, -0.2) is 13.1 Å². The van der Waals surface area contributed by atoms with Gasteiger partial charge in [0.1, 0.15) is 4.90 Å². The minimum atomic E-state index is -3.41. The highest BCUT2D eigenvalue weighted by Crippen LogP contribution is 2.12. The van der Waals surface area contributed by atoms with Crippen molar-refractivity contribution in [2.24, 2.45) is 0 Å². The van der Waals surface area contributed by atoms with E-state index in [0.717, 1.165) is 12.8 Å². The molecular formula is C9H17N3O2S. The molecule has 86 valence electrons. The minimum absolute atomic E-state index is 0.0469. The number of rotatable bonds is 5. The second-order valence-electron chi connectivity index (χ2n) is 3.67. The Kier molecular flexibility index (Phi) is 3.87. The van der Waals surface area contributed by atoms with Crippen molar-refractivity contribution in [1.29, 1.82) is 0 Å². The Hall–Kier alpha value is -0.880. The summed E-state index contributed by atoms with van der Waals surface area (Å²) in [5, 5.41) is 6.31. The molecule has 0 bridgehead atoms. The summed E-state index contributed by atoms with van der Waals surface area (Å²) in [4.78, 5) is 0.227. The van der Waals surface area contributed by atoms with Gasteiger partial charge in [0.25, 0.3) is 0 Å².